The Balaban J connectivity index is 1.84. The topological polar surface area (TPSA) is 24.9 Å². The highest BCUT2D eigenvalue weighted by Gasteiger charge is 2.30. The van der Waals surface area contributed by atoms with E-state index in [2.05, 4.69) is 35.4 Å². The Morgan fingerprint density at radius 3 is 2.95 bits per heavy atom. The van der Waals surface area contributed by atoms with Crippen molar-refractivity contribution in [3.05, 3.63) is 64.4 Å². The van der Waals surface area contributed by atoms with Gasteiger partial charge in [-0.05, 0) is 49.1 Å². The highest BCUT2D eigenvalue weighted by Crippen LogP contribution is 2.35. The van der Waals surface area contributed by atoms with Gasteiger partial charge in [0, 0.05) is 28.9 Å². The van der Waals surface area contributed by atoms with E-state index in [0.29, 0.717) is 12.0 Å². The number of pyridine rings is 1. The molecule has 1 aliphatic carbocycles. The summed E-state index contributed by atoms with van der Waals surface area (Å²) < 4.78 is 0. The smallest absolute Gasteiger partial charge is 0.0482 e. The standard InChI is InChI=1S/C18H21ClN2/c1-2-20-17(12-14-6-3-4-8-16(14)19)15-10-9-13-7-5-11-21-18(13)15/h3-8,11,15,17,20H,2,9-10,12H2,1H3. The Bertz CT molecular complexity index is 612. The summed E-state index contributed by atoms with van der Waals surface area (Å²) >= 11 is 6.33. The summed E-state index contributed by atoms with van der Waals surface area (Å²) in [4.78, 5) is 4.63. The molecule has 0 radical (unpaired) electrons. The van der Waals surface area contributed by atoms with Crippen LogP contribution >= 0.6 is 11.6 Å². The third kappa shape index (κ3) is 3.12. The van der Waals surface area contributed by atoms with E-state index in [9.17, 15) is 0 Å². The van der Waals surface area contributed by atoms with Gasteiger partial charge in [0.05, 0.1) is 0 Å². The molecule has 110 valence electrons. The van der Waals surface area contributed by atoms with Gasteiger partial charge in [0.25, 0.3) is 0 Å². The van der Waals surface area contributed by atoms with E-state index in [-0.39, 0.29) is 0 Å². The molecule has 1 aromatic carbocycles. The summed E-state index contributed by atoms with van der Waals surface area (Å²) in [5.74, 6) is 0.484. The van der Waals surface area contributed by atoms with Gasteiger partial charge in [-0.15, -0.1) is 0 Å². The van der Waals surface area contributed by atoms with E-state index in [0.717, 1.165) is 24.4 Å². The fraction of sp³-hybridized carbons (Fsp3) is 0.389. The van der Waals surface area contributed by atoms with Gasteiger partial charge in [-0.1, -0.05) is 42.8 Å². The maximum absolute atomic E-state index is 6.33. The highest BCUT2D eigenvalue weighted by atomic mass is 35.5. The first-order chi connectivity index (χ1) is 10.3. The number of likely N-dealkylation sites (N-methyl/N-ethyl adjacent to an activating group) is 1. The Hall–Kier alpha value is -1.38. The van der Waals surface area contributed by atoms with Crippen LogP contribution in [0.1, 0.15) is 36.1 Å². The lowest BCUT2D eigenvalue weighted by atomic mass is 9.91. The van der Waals surface area contributed by atoms with E-state index in [4.69, 9.17) is 11.6 Å². The number of nitrogens with one attached hydrogen (secondary N) is 1. The minimum Gasteiger partial charge on any atom is -0.313 e. The van der Waals surface area contributed by atoms with Crippen LogP contribution in [-0.4, -0.2) is 17.6 Å². The predicted molar refractivity (Wildman–Crippen MR) is 87.9 cm³/mol. The zero-order valence-electron chi connectivity index (χ0n) is 12.3. The molecule has 0 aliphatic heterocycles. The zero-order chi connectivity index (χ0) is 14.7. The minimum atomic E-state index is 0.394. The number of halogens is 1. The summed E-state index contributed by atoms with van der Waals surface area (Å²) in [5.41, 5.74) is 3.90. The number of aromatic nitrogens is 1. The molecule has 0 spiro atoms. The van der Waals surface area contributed by atoms with Crippen molar-refractivity contribution in [3.8, 4) is 0 Å². The summed E-state index contributed by atoms with van der Waals surface area (Å²) in [6.07, 6.45) is 5.18. The van der Waals surface area contributed by atoms with E-state index in [1.807, 2.05) is 24.4 Å². The molecule has 2 atom stereocenters. The van der Waals surface area contributed by atoms with Crippen LogP contribution < -0.4 is 5.32 Å². The molecule has 0 amide bonds. The Labute approximate surface area is 131 Å². The average molecular weight is 301 g/mol. The largest absolute Gasteiger partial charge is 0.313 e. The molecular formula is C18H21ClN2. The average Bonchev–Trinajstić information content (AvgIpc) is 2.93. The quantitative estimate of drug-likeness (QED) is 0.903. The number of benzene rings is 1. The molecule has 2 nitrogen and oxygen atoms in total. The Morgan fingerprint density at radius 2 is 2.14 bits per heavy atom. The first-order valence-corrected chi connectivity index (χ1v) is 8.08. The van der Waals surface area contributed by atoms with Crippen LogP contribution in [0.2, 0.25) is 5.02 Å². The lowest BCUT2D eigenvalue weighted by Gasteiger charge is -2.25. The summed E-state index contributed by atoms with van der Waals surface area (Å²) in [7, 11) is 0. The van der Waals surface area contributed by atoms with Crippen LogP contribution in [0.5, 0.6) is 0 Å². The molecule has 1 aromatic heterocycles. The fourth-order valence-corrected chi connectivity index (χ4v) is 3.57. The summed E-state index contributed by atoms with van der Waals surface area (Å²) in [6.45, 7) is 3.13. The van der Waals surface area contributed by atoms with Gasteiger partial charge in [0.1, 0.15) is 0 Å². The molecule has 0 bridgehead atoms. The van der Waals surface area contributed by atoms with Gasteiger partial charge in [0.2, 0.25) is 0 Å². The van der Waals surface area contributed by atoms with Gasteiger partial charge in [-0.25, -0.2) is 0 Å². The van der Waals surface area contributed by atoms with E-state index in [1.165, 1.54) is 23.2 Å². The lowest BCUT2D eigenvalue weighted by molar-refractivity contribution is 0.430. The summed E-state index contributed by atoms with van der Waals surface area (Å²) in [5, 5.41) is 4.50. The number of aryl methyl sites for hydroxylation is 1. The van der Waals surface area contributed by atoms with E-state index < -0.39 is 0 Å². The van der Waals surface area contributed by atoms with Gasteiger partial charge in [-0.3, -0.25) is 4.98 Å². The van der Waals surface area contributed by atoms with Crippen molar-refractivity contribution >= 4 is 11.6 Å². The first kappa shape index (κ1) is 14.6. The van der Waals surface area contributed by atoms with Crippen LogP contribution in [0.3, 0.4) is 0 Å². The normalized spacial score (nSPS) is 18.5. The maximum Gasteiger partial charge on any atom is 0.0482 e. The van der Waals surface area contributed by atoms with Crippen LogP contribution in [0.15, 0.2) is 42.6 Å². The van der Waals surface area contributed by atoms with Gasteiger partial charge in [-0.2, -0.15) is 0 Å². The van der Waals surface area contributed by atoms with Crippen molar-refractivity contribution in [2.45, 2.75) is 38.1 Å². The Kier molecular flexibility index (Phi) is 4.57. The van der Waals surface area contributed by atoms with Gasteiger partial charge in [0.15, 0.2) is 0 Å². The molecular weight excluding hydrogens is 280 g/mol. The van der Waals surface area contributed by atoms with Crippen molar-refractivity contribution in [2.75, 3.05) is 6.54 Å². The monoisotopic (exact) mass is 300 g/mol. The van der Waals surface area contributed by atoms with Crippen molar-refractivity contribution in [2.24, 2.45) is 0 Å². The van der Waals surface area contributed by atoms with E-state index >= 15 is 0 Å². The number of hydrogen-bond donors (Lipinski definition) is 1. The molecule has 1 heterocycles. The van der Waals surface area contributed by atoms with Crippen LogP contribution in [0, 0.1) is 0 Å². The fourth-order valence-electron chi connectivity index (χ4n) is 3.36. The molecule has 1 aliphatic rings. The molecule has 3 heteroatoms. The molecule has 2 aromatic rings. The van der Waals surface area contributed by atoms with Crippen LogP contribution in [0.4, 0.5) is 0 Å². The third-order valence-electron chi connectivity index (χ3n) is 4.35. The number of rotatable bonds is 5. The van der Waals surface area contributed by atoms with Crippen LogP contribution in [0.25, 0.3) is 0 Å². The van der Waals surface area contributed by atoms with Crippen LogP contribution in [-0.2, 0) is 12.8 Å². The van der Waals surface area contributed by atoms with E-state index in [1.54, 1.807) is 0 Å². The zero-order valence-corrected chi connectivity index (χ0v) is 13.1. The Morgan fingerprint density at radius 1 is 1.29 bits per heavy atom. The van der Waals surface area contributed by atoms with Gasteiger partial charge < -0.3 is 5.32 Å². The SMILES string of the molecule is CCNC(Cc1ccccc1Cl)C1CCc2cccnc21. The van der Waals surface area contributed by atoms with Crippen molar-refractivity contribution in [3.63, 3.8) is 0 Å². The molecule has 1 N–H and O–H groups in total. The third-order valence-corrected chi connectivity index (χ3v) is 4.72. The molecule has 21 heavy (non-hydrogen) atoms. The molecule has 0 fully saturated rings. The maximum atomic E-state index is 6.33. The molecule has 2 unspecified atom stereocenters. The first-order valence-electron chi connectivity index (χ1n) is 7.70. The van der Waals surface area contributed by atoms with Crippen molar-refractivity contribution in [1.82, 2.24) is 10.3 Å². The highest BCUT2D eigenvalue weighted by molar-refractivity contribution is 6.31. The van der Waals surface area contributed by atoms with Crippen molar-refractivity contribution in [1.29, 1.82) is 0 Å². The lowest BCUT2D eigenvalue weighted by Crippen LogP contribution is -2.36. The van der Waals surface area contributed by atoms with Gasteiger partial charge >= 0.3 is 0 Å². The second kappa shape index (κ2) is 6.59. The molecule has 0 saturated carbocycles. The number of hydrogen-bond acceptors (Lipinski definition) is 2. The molecule has 3 rings (SSSR count). The summed E-state index contributed by atoms with van der Waals surface area (Å²) in [6, 6.07) is 12.8. The second-order valence-corrected chi connectivity index (χ2v) is 6.06. The van der Waals surface area contributed by atoms with Crippen molar-refractivity contribution < 1.29 is 0 Å². The minimum absolute atomic E-state index is 0.394. The second-order valence-electron chi connectivity index (χ2n) is 5.65. The number of fused-ring (bicyclic) bond motifs is 1. The number of nitrogens with zero attached hydrogens (tertiary/aromatic N) is 1. The molecule has 0 saturated heterocycles. The predicted octanol–water partition coefficient (Wildman–Crippen LogP) is 3.99.